The summed E-state index contributed by atoms with van der Waals surface area (Å²) in [6.07, 6.45) is 1.31. The Kier molecular flexibility index (Phi) is 2.25. The number of hydrogen-bond acceptors (Lipinski definition) is 3. The third kappa shape index (κ3) is 1.93. The Bertz CT molecular complexity index is 227. The van der Waals surface area contributed by atoms with E-state index in [2.05, 4.69) is 18.7 Å². The molecule has 0 spiro atoms. The van der Waals surface area contributed by atoms with Crippen molar-refractivity contribution in [3.05, 3.63) is 0 Å². The smallest absolute Gasteiger partial charge is 0.152 e. The van der Waals surface area contributed by atoms with Crippen LogP contribution in [0.15, 0.2) is 0 Å². The first-order valence-corrected chi connectivity index (χ1v) is 5.79. The maximum atomic E-state index is 11.0. The Morgan fingerprint density at radius 1 is 1.36 bits per heavy atom. The molecular weight excluding hydrogens is 162 g/mol. The minimum absolute atomic E-state index is 0.107. The topological polar surface area (TPSA) is 37.4 Å². The van der Waals surface area contributed by atoms with Crippen LogP contribution in [-0.2, 0) is 9.84 Å². The van der Waals surface area contributed by atoms with Crippen LogP contribution in [0.4, 0.5) is 0 Å². The van der Waals surface area contributed by atoms with Gasteiger partial charge in [0, 0.05) is 25.4 Å². The first kappa shape index (κ1) is 9.00. The molecule has 0 N–H and O–H groups in total. The Morgan fingerprint density at radius 2 is 1.82 bits per heavy atom. The fourth-order valence-electron chi connectivity index (χ4n) is 1.16. The normalized spacial score (nSPS) is 22.2. The summed E-state index contributed by atoms with van der Waals surface area (Å²) in [5, 5.41) is -0.107. The molecule has 0 bridgehead atoms. The second-order valence-corrected chi connectivity index (χ2v) is 5.82. The van der Waals surface area contributed by atoms with Gasteiger partial charge in [0.05, 0.1) is 5.25 Å². The van der Waals surface area contributed by atoms with Crippen molar-refractivity contribution in [2.24, 2.45) is 0 Å². The maximum Gasteiger partial charge on any atom is 0.152 e. The number of likely N-dealkylation sites (tertiary alicyclic amines) is 1. The van der Waals surface area contributed by atoms with Gasteiger partial charge in [-0.05, 0) is 13.8 Å². The molecule has 1 aliphatic heterocycles. The van der Waals surface area contributed by atoms with E-state index in [-0.39, 0.29) is 5.25 Å². The van der Waals surface area contributed by atoms with Gasteiger partial charge in [0.15, 0.2) is 9.84 Å². The third-order valence-electron chi connectivity index (χ3n) is 2.21. The molecule has 1 rings (SSSR count). The molecule has 11 heavy (non-hydrogen) atoms. The highest BCUT2D eigenvalue weighted by Gasteiger charge is 2.35. The summed E-state index contributed by atoms with van der Waals surface area (Å²) in [4.78, 5) is 2.16. The maximum absolute atomic E-state index is 11.0. The summed E-state index contributed by atoms with van der Waals surface area (Å²) in [6.45, 7) is 5.60. The molecule has 0 aromatic rings. The largest absolute Gasteiger partial charge is 0.298 e. The van der Waals surface area contributed by atoms with Gasteiger partial charge in [-0.1, -0.05) is 0 Å². The second-order valence-electron chi connectivity index (χ2n) is 3.50. The average Bonchev–Trinajstić information content (AvgIpc) is 1.51. The van der Waals surface area contributed by atoms with Crippen LogP contribution in [0.25, 0.3) is 0 Å². The number of nitrogens with zero attached hydrogens (tertiary/aromatic N) is 1. The van der Waals surface area contributed by atoms with Crippen LogP contribution < -0.4 is 0 Å². The molecule has 1 aliphatic rings. The van der Waals surface area contributed by atoms with Crippen LogP contribution in [0, 0.1) is 0 Å². The number of sulfone groups is 1. The van der Waals surface area contributed by atoms with Crippen molar-refractivity contribution in [1.29, 1.82) is 0 Å². The summed E-state index contributed by atoms with van der Waals surface area (Å²) < 4.78 is 21.9. The van der Waals surface area contributed by atoms with Crippen molar-refractivity contribution in [3.63, 3.8) is 0 Å². The predicted octanol–water partition coefficient (Wildman–Crippen LogP) is 0.124. The molecule has 1 heterocycles. The molecule has 4 heteroatoms. The van der Waals surface area contributed by atoms with Crippen LogP contribution in [-0.4, -0.2) is 44.0 Å². The first-order valence-electron chi connectivity index (χ1n) is 3.84. The van der Waals surface area contributed by atoms with Gasteiger partial charge in [0.25, 0.3) is 0 Å². The second kappa shape index (κ2) is 2.75. The van der Waals surface area contributed by atoms with E-state index in [0.717, 1.165) is 13.1 Å². The van der Waals surface area contributed by atoms with E-state index in [4.69, 9.17) is 0 Å². The molecule has 1 saturated heterocycles. The molecule has 0 aromatic heterocycles. The molecule has 66 valence electrons. The molecular formula is C7H15NO2S. The van der Waals surface area contributed by atoms with Crippen LogP contribution in [0.1, 0.15) is 13.8 Å². The molecule has 0 aromatic carbocycles. The van der Waals surface area contributed by atoms with E-state index in [1.807, 2.05) is 0 Å². The molecule has 0 atom stereocenters. The van der Waals surface area contributed by atoms with E-state index < -0.39 is 9.84 Å². The van der Waals surface area contributed by atoms with E-state index in [1.165, 1.54) is 6.26 Å². The van der Waals surface area contributed by atoms with Gasteiger partial charge in [-0.2, -0.15) is 0 Å². The Hall–Kier alpha value is -0.0900. The summed E-state index contributed by atoms with van der Waals surface area (Å²) in [6, 6.07) is 0.480. The number of hydrogen-bond donors (Lipinski definition) is 0. The van der Waals surface area contributed by atoms with E-state index in [1.54, 1.807) is 0 Å². The quantitative estimate of drug-likeness (QED) is 0.601. The van der Waals surface area contributed by atoms with Crippen LogP contribution in [0.3, 0.4) is 0 Å². The standard InChI is InChI=1S/C7H15NO2S/c1-6(2)8-4-7(5-8)11(3,9)10/h6-7H,4-5H2,1-3H3. The highest BCUT2D eigenvalue weighted by molar-refractivity contribution is 7.91. The molecule has 0 aliphatic carbocycles. The van der Waals surface area contributed by atoms with Crippen molar-refractivity contribution in [1.82, 2.24) is 4.90 Å². The predicted molar refractivity (Wildman–Crippen MR) is 45.3 cm³/mol. The zero-order valence-electron chi connectivity index (χ0n) is 7.24. The van der Waals surface area contributed by atoms with Crippen LogP contribution in [0.2, 0.25) is 0 Å². The van der Waals surface area contributed by atoms with Gasteiger partial charge >= 0.3 is 0 Å². The molecule has 1 fully saturated rings. The van der Waals surface area contributed by atoms with Crippen molar-refractivity contribution in [3.8, 4) is 0 Å². The highest BCUT2D eigenvalue weighted by atomic mass is 32.2. The summed E-state index contributed by atoms with van der Waals surface area (Å²) in [7, 11) is -2.77. The van der Waals surface area contributed by atoms with Gasteiger partial charge in [0.2, 0.25) is 0 Å². The highest BCUT2D eigenvalue weighted by Crippen LogP contribution is 2.17. The minimum atomic E-state index is -2.77. The van der Waals surface area contributed by atoms with E-state index in [9.17, 15) is 8.42 Å². The molecule has 3 nitrogen and oxygen atoms in total. The van der Waals surface area contributed by atoms with Gasteiger partial charge in [-0.25, -0.2) is 8.42 Å². The molecule has 0 unspecified atom stereocenters. The van der Waals surface area contributed by atoms with Crippen molar-refractivity contribution < 1.29 is 8.42 Å². The molecule has 0 saturated carbocycles. The monoisotopic (exact) mass is 177 g/mol. The van der Waals surface area contributed by atoms with Gasteiger partial charge in [-0.15, -0.1) is 0 Å². The lowest BCUT2D eigenvalue weighted by molar-refractivity contribution is 0.142. The number of rotatable bonds is 2. The Labute approximate surface area is 68.3 Å². The van der Waals surface area contributed by atoms with Gasteiger partial charge in [-0.3, -0.25) is 4.90 Å². The van der Waals surface area contributed by atoms with Crippen LogP contribution >= 0.6 is 0 Å². The summed E-state index contributed by atoms with van der Waals surface area (Å²) in [5.41, 5.74) is 0. The van der Waals surface area contributed by atoms with Crippen molar-refractivity contribution in [2.75, 3.05) is 19.3 Å². The molecule has 0 amide bonds. The zero-order valence-corrected chi connectivity index (χ0v) is 8.06. The summed E-state index contributed by atoms with van der Waals surface area (Å²) >= 11 is 0. The lowest BCUT2D eigenvalue weighted by atomic mass is 10.1. The van der Waals surface area contributed by atoms with Crippen molar-refractivity contribution in [2.45, 2.75) is 25.1 Å². The summed E-state index contributed by atoms with van der Waals surface area (Å²) in [5.74, 6) is 0. The van der Waals surface area contributed by atoms with Crippen LogP contribution in [0.5, 0.6) is 0 Å². The fourth-order valence-corrected chi connectivity index (χ4v) is 2.09. The SMILES string of the molecule is CC(C)N1CC(S(C)(=O)=O)C1. The lowest BCUT2D eigenvalue weighted by Crippen LogP contribution is -2.56. The Morgan fingerprint density at radius 3 is 2.09 bits per heavy atom. The zero-order chi connectivity index (χ0) is 8.65. The Balaban J connectivity index is 2.42. The lowest BCUT2D eigenvalue weighted by Gasteiger charge is -2.40. The minimum Gasteiger partial charge on any atom is -0.298 e. The van der Waals surface area contributed by atoms with E-state index >= 15 is 0 Å². The fraction of sp³-hybridized carbons (Fsp3) is 1.00. The third-order valence-corrected chi connectivity index (χ3v) is 3.72. The first-order chi connectivity index (χ1) is 4.91. The van der Waals surface area contributed by atoms with Crippen molar-refractivity contribution >= 4 is 9.84 Å². The molecule has 0 radical (unpaired) electrons. The van der Waals surface area contributed by atoms with Gasteiger partial charge in [0.1, 0.15) is 0 Å². The average molecular weight is 177 g/mol. The van der Waals surface area contributed by atoms with Gasteiger partial charge < -0.3 is 0 Å². The van der Waals surface area contributed by atoms with E-state index in [0.29, 0.717) is 6.04 Å².